The van der Waals surface area contributed by atoms with Crippen LogP contribution in [0.15, 0.2) is 30.5 Å². The Hall–Kier alpha value is -2.26. The summed E-state index contributed by atoms with van der Waals surface area (Å²) >= 11 is 5.38. The molecule has 1 unspecified atom stereocenters. The Kier molecular flexibility index (Phi) is 4.87. The minimum absolute atomic E-state index is 0.120. The maximum Gasteiger partial charge on any atom is 0.409 e. The number of carbonyl (C=O) groups excluding carboxylic acids is 1. The van der Waals surface area contributed by atoms with E-state index < -0.39 is 28.7 Å². The van der Waals surface area contributed by atoms with Crippen molar-refractivity contribution >= 4 is 23.2 Å². The number of nitrogens with one attached hydrogen (secondary N) is 3. The zero-order valence-corrected chi connectivity index (χ0v) is 13.5. The lowest BCUT2D eigenvalue weighted by molar-refractivity contribution is -0.131. The molecule has 10 heteroatoms. The first-order valence-corrected chi connectivity index (χ1v) is 7.81. The summed E-state index contributed by atoms with van der Waals surface area (Å²) in [4.78, 5) is 12.2. The number of H-pyrrole nitrogens is 1. The number of alkyl halides is 4. The number of rotatable bonds is 5. The molecule has 1 saturated heterocycles. The molecule has 3 rings (SSSR count). The van der Waals surface area contributed by atoms with Crippen LogP contribution in [0.3, 0.4) is 0 Å². The van der Waals surface area contributed by atoms with Gasteiger partial charge in [-0.15, -0.1) is 11.6 Å². The second-order valence-electron chi connectivity index (χ2n) is 5.47. The van der Waals surface area contributed by atoms with Crippen LogP contribution in [0.4, 0.5) is 18.9 Å². The van der Waals surface area contributed by atoms with Crippen LogP contribution in [0, 0.1) is 0 Å². The minimum atomic E-state index is -4.68. The minimum Gasteiger partial charge on any atom is -0.488 e. The van der Waals surface area contributed by atoms with Crippen molar-refractivity contribution in [3.05, 3.63) is 41.7 Å². The van der Waals surface area contributed by atoms with Crippen molar-refractivity contribution < 1.29 is 22.7 Å². The highest BCUT2D eigenvalue weighted by Gasteiger charge is 2.42. The van der Waals surface area contributed by atoms with E-state index in [2.05, 4.69) is 20.8 Å². The Morgan fingerprint density at radius 2 is 2.00 bits per heavy atom. The average molecular weight is 375 g/mol. The Bertz CT molecular complexity index is 744. The molecule has 0 aliphatic carbocycles. The molecule has 3 N–H and O–H groups in total. The number of anilines is 1. The first kappa shape index (κ1) is 17.6. The zero-order valence-electron chi connectivity index (χ0n) is 12.7. The Balaban J connectivity index is 1.67. The third-order valence-electron chi connectivity index (χ3n) is 3.60. The normalized spacial score (nSPS) is 16.2. The van der Waals surface area contributed by atoms with E-state index in [1.54, 1.807) is 24.3 Å². The van der Waals surface area contributed by atoms with Gasteiger partial charge in [0.2, 0.25) is 0 Å². The lowest BCUT2D eigenvalue weighted by Gasteiger charge is -2.27. The number of hydrogen-bond acceptors (Lipinski definition) is 4. The lowest BCUT2D eigenvalue weighted by atomic mass is 10.1. The predicted octanol–water partition coefficient (Wildman–Crippen LogP) is 2.85. The molecule has 1 atom stereocenters. The van der Waals surface area contributed by atoms with E-state index in [-0.39, 0.29) is 6.10 Å². The summed E-state index contributed by atoms with van der Waals surface area (Å²) in [6.07, 6.45) is -3.60. The van der Waals surface area contributed by atoms with Crippen molar-refractivity contribution in [1.82, 2.24) is 15.5 Å². The van der Waals surface area contributed by atoms with Gasteiger partial charge in [-0.3, -0.25) is 9.89 Å². The van der Waals surface area contributed by atoms with Gasteiger partial charge in [-0.2, -0.15) is 18.3 Å². The Morgan fingerprint density at radius 1 is 1.32 bits per heavy atom. The molecule has 1 fully saturated rings. The molecule has 2 aromatic rings. The molecule has 6 nitrogen and oxygen atoms in total. The van der Waals surface area contributed by atoms with E-state index in [1.807, 2.05) is 0 Å². The lowest BCUT2D eigenvalue weighted by Crippen LogP contribution is -2.50. The first-order chi connectivity index (χ1) is 11.8. The fourth-order valence-electron chi connectivity index (χ4n) is 2.20. The molecular formula is C15H14ClF3N4O2. The van der Waals surface area contributed by atoms with Crippen molar-refractivity contribution in [1.29, 1.82) is 0 Å². The molecule has 0 spiro atoms. The zero-order chi connectivity index (χ0) is 18.0. The molecule has 134 valence electrons. The number of benzene rings is 1. The molecule has 0 bridgehead atoms. The van der Waals surface area contributed by atoms with E-state index in [1.165, 1.54) is 0 Å². The Morgan fingerprint density at radius 3 is 2.56 bits per heavy atom. The highest BCUT2D eigenvalue weighted by molar-refractivity contribution is 6.22. The van der Waals surface area contributed by atoms with Crippen LogP contribution < -0.4 is 15.4 Å². The molecule has 1 aromatic carbocycles. The second-order valence-corrected chi connectivity index (χ2v) is 5.91. The maximum absolute atomic E-state index is 12.7. The molecule has 0 saturated carbocycles. The van der Waals surface area contributed by atoms with Crippen LogP contribution in [0.5, 0.6) is 5.75 Å². The van der Waals surface area contributed by atoms with Gasteiger partial charge >= 0.3 is 6.18 Å². The number of amides is 1. The molecule has 1 aliphatic rings. The Labute approximate surface area is 145 Å². The van der Waals surface area contributed by atoms with Gasteiger partial charge in [-0.25, -0.2) is 0 Å². The summed E-state index contributed by atoms with van der Waals surface area (Å²) in [6.45, 7) is 1.55. The summed E-state index contributed by atoms with van der Waals surface area (Å²) in [7, 11) is 0. The highest BCUT2D eigenvalue weighted by atomic mass is 35.5. The van der Waals surface area contributed by atoms with Gasteiger partial charge in [-0.05, 0) is 24.3 Å². The van der Waals surface area contributed by atoms with Crippen molar-refractivity contribution in [2.45, 2.75) is 17.7 Å². The largest absolute Gasteiger partial charge is 0.488 e. The van der Waals surface area contributed by atoms with E-state index in [4.69, 9.17) is 16.3 Å². The number of carbonyl (C=O) groups is 1. The summed E-state index contributed by atoms with van der Waals surface area (Å²) in [5, 5.41) is 9.05. The number of ether oxygens (including phenoxy) is 1. The molecule has 2 heterocycles. The van der Waals surface area contributed by atoms with Crippen LogP contribution in [0.25, 0.3) is 0 Å². The van der Waals surface area contributed by atoms with E-state index in [0.717, 1.165) is 19.3 Å². The monoisotopic (exact) mass is 374 g/mol. The summed E-state index contributed by atoms with van der Waals surface area (Å²) in [6, 6.07) is 6.51. The highest BCUT2D eigenvalue weighted by Crippen LogP contribution is 2.39. The van der Waals surface area contributed by atoms with Gasteiger partial charge in [0.1, 0.15) is 11.9 Å². The predicted molar refractivity (Wildman–Crippen MR) is 84.9 cm³/mol. The van der Waals surface area contributed by atoms with Gasteiger partial charge in [0, 0.05) is 30.5 Å². The molecular weight excluding hydrogens is 361 g/mol. The summed E-state index contributed by atoms with van der Waals surface area (Å²) in [5.41, 5.74) is -0.432. The third-order valence-corrected chi connectivity index (χ3v) is 4.09. The van der Waals surface area contributed by atoms with Crippen molar-refractivity contribution in [3.8, 4) is 5.75 Å². The molecule has 0 radical (unpaired) electrons. The van der Waals surface area contributed by atoms with Crippen LogP contribution >= 0.6 is 11.6 Å². The number of hydrogen-bond donors (Lipinski definition) is 3. The standard InChI is InChI=1S/C15H14ClF3N4O2/c16-13(15(17,18)19)11-7-21-23-12(11)14(24)22-8-1-3-9(4-2-8)25-10-5-20-6-10/h1-4,7,10,13,20H,5-6H2,(H,21,23)(H,22,24). The quantitative estimate of drug-likeness (QED) is 0.703. The van der Waals surface area contributed by atoms with E-state index in [9.17, 15) is 18.0 Å². The van der Waals surface area contributed by atoms with Crippen LogP contribution in [-0.2, 0) is 0 Å². The first-order valence-electron chi connectivity index (χ1n) is 7.38. The third kappa shape index (κ3) is 4.05. The molecule has 1 aromatic heterocycles. The fraction of sp³-hybridized carbons (Fsp3) is 0.333. The van der Waals surface area contributed by atoms with Gasteiger partial charge < -0.3 is 15.4 Å². The van der Waals surface area contributed by atoms with Crippen LogP contribution in [-0.4, -0.2) is 41.5 Å². The van der Waals surface area contributed by atoms with Crippen LogP contribution in [0.2, 0.25) is 0 Å². The molecule has 1 amide bonds. The van der Waals surface area contributed by atoms with E-state index >= 15 is 0 Å². The van der Waals surface area contributed by atoms with Crippen molar-refractivity contribution in [2.24, 2.45) is 0 Å². The van der Waals surface area contributed by atoms with Gasteiger partial charge in [-0.1, -0.05) is 0 Å². The average Bonchev–Trinajstić information content (AvgIpc) is 3.00. The topological polar surface area (TPSA) is 79.0 Å². The van der Waals surface area contributed by atoms with Crippen molar-refractivity contribution in [2.75, 3.05) is 18.4 Å². The fourth-order valence-corrected chi connectivity index (χ4v) is 2.36. The number of aromatic nitrogens is 2. The second kappa shape index (κ2) is 6.93. The van der Waals surface area contributed by atoms with Gasteiger partial charge in [0.05, 0.1) is 0 Å². The molecule has 1 aliphatic heterocycles. The van der Waals surface area contributed by atoms with Gasteiger partial charge in [0.15, 0.2) is 11.1 Å². The van der Waals surface area contributed by atoms with Crippen LogP contribution in [0.1, 0.15) is 21.4 Å². The number of halogens is 4. The SMILES string of the molecule is O=C(Nc1ccc(OC2CNC2)cc1)c1n[nH]cc1C(Cl)C(F)(F)F. The summed E-state index contributed by atoms with van der Waals surface area (Å²) < 4.78 is 43.9. The van der Waals surface area contributed by atoms with Gasteiger partial charge in [0.25, 0.3) is 5.91 Å². The number of aromatic amines is 1. The van der Waals surface area contributed by atoms with E-state index in [0.29, 0.717) is 11.4 Å². The smallest absolute Gasteiger partial charge is 0.409 e. The molecule has 25 heavy (non-hydrogen) atoms. The van der Waals surface area contributed by atoms with Crippen molar-refractivity contribution in [3.63, 3.8) is 0 Å². The number of nitrogens with zero attached hydrogens (tertiary/aromatic N) is 1. The summed E-state index contributed by atoms with van der Waals surface area (Å²) in [5.74, 6) is -0.147. The maximum atomic E-state index is 12.7.